The van der Waals surface area contributed by atoms with E-state index in [9.17, 15) is 12.8 Å². The number of aromatic nitrogens is 4. The molecule has 0 aliphatic rings. The zero-order chi connectivity index (χ0) is 23.2. The lowest BCUT2D eigenvalue weighted by atomic mass is 10.1. The molecule has 0 unspecified atom stereocenters. The number of halogens is 1. The molecule has 2 heterocycles. The van der Waals surface area contributed by atoms with Gasteiger partial charge in [0.1, 0.15) is 5.82 Å². The van der Waals surface area contributed by atoms with E-state index < -0.39 is 15.8 Å². The van der Waals surface area contributed by atoms with Gasteiger partial charge in [0.2, 0.25) is 10.0 Å². The van der Waals surface area contributed by atoms with Gasteiger partial charge in [0, 0.05) is 30.6 Å². The Bertz CT molecular complexity index is 1610. The third-order valence-electron chi connectivity index (χ3n) is 5.25. The molecule has 166 valence electrons. The van der Waals surface area contributed by atoms with Gasteiger partial charge in [-0.1, -0.05) is 42.5 Å². The molecule has 0 radical (unpaired) electrons. The summed E-state index contributed by atoms with van der Waals surface area (Å²) in [6.07, 6.45) is 0. The van der Waals surface area contributed by atoms with Crippen LogP contribution in [0.15, 0.2) is 77.7 Å². The van der Waals surface area contributed by atoms with Crippen LogP contribution in [0.2, 0.25) is 0 Å². The Kier molecular flexibility index (Phi) is 5.03. The molecule has 0 atom stereocenters. The summed E-state index contributed by atoms with van der Waals surface area (Å²) in [5.41, 5.74) is 1.30. The van der Waals surface area contributed by atoms with Crippen LogP contribution < -0.4 is 5.32 Å². The molecule has 5 aromatic rings. The fraction of sp³-hybridized carbons (Fsp3) is 0.0870. The predicted molar refractivity (Wildman–Crippen MR) is 124 cm³/mol. The zero-order valence-corrected chi connectivity index (χ0v) is 18.6. The molecular formula is C23H19FN6O2S. The Morgan fingerprint density at radius 2 is 1.64 bits per heavy atom. The lowest BCUT2D eigenvalue weighted by molar-refractivity contribution is 0.521. The maximum Gasteiger partial charge on any atom is 0.242 e. The van der Waals surface area contributed by atoms with Gasteiger partial charge in [-0.3, -0.25) is 0 Å². The molecule has 8 nitrogen and oxygen atoms in total. The van der Waals surface area contributed by atoms with Crippen molar-refractivity contribution in [3.8, 4) is 11.4 Å². The van der Waals surface area contributed by atoms with Crippen molar-refractivity contribution in [1.29, 1.82) is 0 Å². The molecular weight excluding hydrogens is 443 g/mol. The average molecular weight is 463 g/mol. The van der Waals surface area contributed by atoms with Crippen LogP contribution >= 0.6 is 0 Å². The van der Waals surface area contributed by atoms with Crippen LogP contribution in [0.1, 0.15) is 0 Å². The van der Waals surface area contributed by atoms with Crippen molar-refractivity contribution in [2.45, 2.75) is 4.90 Å². The fourth-order valence-corrected chi connectivity index (χ4v) is 4.51. The van der Waals surface area contributed by atoms with Crippen molar-refractivity contribution in [2.24, 2.45) is 0 Å². The first kappa shape index (κ1) is 21.0. The van der Waals surface area contributed by atoms with E-state index in [0.717, 1.165) is 15.1 Å². The second-order valence-electron chi connectivity index (χ2n) is 7.57. The molecule has 1 N–H and O–H groups in total. The molecule has 0 spiro atoms. The minimum absolute atomic E-state index is 0.152. The largest absolute Gasteiger partial charge is 0.338 e. The number of hydrogen-bond donors (Lipinski definition) is 1. The van der Waals surface area contributed by atoms with Crippen molar-refractivity contribution >= 4 is 37.9 Å². The van der Waals surface area contributed by atoms with Gasteiger partial charge in [0.05, 0.1) is 10.5 Å². The fourth-order valence-electron chi connectivity index (χ4n) is 3.57. The summed E-state index contributed by atoms with van der Waals surface area (Å²) in [4.78, 5) is 0.152. The zero-order valence-electron chi connectivity index (χ0n) is 17.8. The monoisotopic (exact) mass is 462 g/mol. The number of hydrogen-bond acceptors (Lipinski definition) is 6. The van der Waals surface area contributed by atoms with Gasteiger partial charge in [-0.25, -0.2) is 17.1 Å². The Morgan fingerprint density at radius 3 is 2.39 bits per heavy atom. The highest BCUT2D eigenvalue weighted by atomic mass is 32.2. The highest BCUT2D eigenvalue weighted by molar-refractivity contribution is 7.89. The van der Waals surface area contributed by atoms with Crippen LogP contribution in [0.5, 0.6) is 0 Å². The van der Waals surface area contributed by atoms with Gasteiger partial charge >= 0.3 is 0 Å². The van der Waals surface area contributed by atoms with Crippen molar-refractivity contribution < 1.29 is 12.8 Å². The van der Waals surface area contributed by atoms with Crippen LogP contribution in [0, 0.1) is 5.82 Å². The molecule has 0 bridgehead atoms. The molecule has 2 aromatic heterocycles. The summed E-state index contributed by atoms with van der Waals surface area (Å²) < 4.78 is 42.2. The SMILES string of the molecule is CN(C)S(=O)(=O)c1cccc(Nc2nn3c(-c4ccccc4F)nnc3c3ccccc23)c1. The maximum absolute atomic E-state index is 14.5. The second kappa shape index (κ2) is 7.91. The highest BCUT2D eigenvalue weighted by Crippen LogP contribution is 2.30. The normalized spacial score (nSPS) is 12.0. The number of benzene rings is 3. The first-order valence-electron chi connectivity index (χ1n) is 10.0. The van der Waals surface area contributed by atoms with E-state index in [0.29, 0.717) is 17.2 Å². The minimum Gasteiger partial charge on any atom is -0.338 e. The molecule has 10 heteroatoms. The summed E-state index contributed by atoms with van der Waals surface area (Å²) in [6, 6.07) is 20.3. The summed E-state index contributed by atoms with van der Waals surface area (Å²) in [5.74, 6) is 0.286. The van der Waals surface area contributed by atoms with Crippen LogP contribution in [-0.4, -0.2) is 46.6 Å². The number of rotatable bonds is 5. The first-order chi connectivity index (χ1) is 15.9. The van der Waals surface area contributed by atoms with Gasteiger partial charge in [0.25, 0.3) is 0 Å². The summed E-state index contributed by atoms with van der Waals surface area (Å²) in [6.45, 7) is 0. The van der Waals surface area contributed by atoms with Crippen molar-refractivity contribution in [3.63, 3.8) is 0 Å². The molecule has 0 aliphatic carbocycles. The van der Waals surface area contributed by atoms with Gasteiger partial charge in [0.15, 0.2) is 17.3 Å². The molecule has 0 amide bonds. The number of sulfonamides is 1. The number of fused-ring (bicyclic) bond motifs is 3. The maximum atomic E-state index is 14.5. The molecule has 0 fully saturated rings. The second-order valence-corrected chi connectivity index (χ2v) is 9.73. The number of anilines is 2. The highest BCUT2D eigenvalue weighted by Gasteiger charge is 2.19. The van der Waals surface area contributed by atoms with Gasteiger partial charge in [-0.05, 0) is 30.3 Å². The molecule has 33 heavy (non-hydrogen) atoms. The smallest absolute Gasteiger partial charge is 0.242 e. The van der Waals surface area contributed by atoms with Crippen molar-refractivity contribution in [3.05, 3.63) is 78.6 Å². The van der Waals surface area contributed by atoms with Crippen LogP contribution in [0.4, 0.5) is 15.9 Å². The van der Waals surface area contributed by atoms with Gasteiger partial charge < -0.3 is 5.32 Å². The lowest BCUT2D eigenvalue weighted by Gasteiger charge is -2.14. The van der Waals surface area contributed by atoms with Crippen LogP contribution in [0.25, 0.3) is 27.8 Å². The quantitative estimate of drug-likeness (QED) is 0.423. The van der Waals surface area contributed by atoms with Crippen LogP contribution in [-0.2, 0) is 10.0 Å². The topological polar surface area (TPSA) is 92.5 Å². The number of nitrogens with one attached hydrogen (secondary N) is 1. The third-order valence-corrected chi connectivity index (χ3v) is 7.06. The molecule has 0 saturated carbocycles. The van der Waals surface area contributed by atoms with E-state index in [4.69, 9.17) is 0 Å². The van der Waals surface area contributed by atoms with E-state index in [1.807, 2.05) is 24.3 Å². The van der Waals surface area contributed by atoms with Crippen LogP contribution in [0.3, 0.4) is 0 Å². The Morgan fingerprint density at radius 1 is 0.909 bits per heavy atom. The minimum atomic E-state index is -3.60. The Hall–Kier alpha value is -3.89. The van der Waals surface area contributed by atoms with E-state index in [2.05, 4.69) is 20.6 Å². The van der Waals surface area contributed by atoms with Gasteiger partial charge in [-0.2, -0.15) is 4.52 Å². The van der Waals surface area contributed by atoms with Crippen molar-refractivity contribution in [2.75, 3.05) is 19.4 Å². The summed E-state index contributed by atoms with van der Waals surface area (Å²) in [5, 5.41) is 17.8. The molecule has 0 saturated heterocycles. The lowest BCUT2D eigenvalue weighted by Crippen LogP contribution is -2.22. The Labute approximate surface area is 189 Å². The van der Waals surface area contributed by atoms with E-state index >= 15 is 0 Å². The first-order valence-corrected chi connectivity index (χ1v) is 11.5. The van der Waals surface area contributed by atoms with Crippen molar-refractivity contribution in [1.82, 2.24) is 24.1 Å². The summed E-state index contributed by atoms with van der Waals surface area (Å²) in [7, 11) is -0.640. The molecule has 0 aliphatic heterocycles. The van der Waals surface area contributed by atoms with E-state index in [-0.39, 0.29) is 16.3 Å². The predicted octanol–water partition coefficient (Wildman–Crippen LogP) is 4.08. The Balaban J connectivity index is 1.69. The molecule has 3 aromatic carbocycles. The average Bonchev–Trinajstić information content (AvgIpc) is 3.23. The van der Waals surface area contributed by atoms with E-state index in [1.165, 1.54) is 30.7 Å². The standard InChI is InChI=1S/C23H19FN6O2S/c1-29(2)33(31,32)16-9-7-8-15(14-16)25-21-17-10-3-4-11-18(17)22-26-27-23(30(22)28-21)19-12-5-6-13-20(19)24/h3-14H,1-2H3,(H,25,28). The van der Waals surface area contributed by atoms with Gasteiger partial charge in [-0.15, -0.1) is 15.3 Å². The van der Waals surface area contributed by atoms with E-state index in [1.54, 1.807) is 36.4 Å². The molecule has 5 rings (SSSR count). The summed E-state index contributed by atoms with van der Waals surface area (Å²) >= 11 is 0. The third kappa shape index (κ3) is 3.59. The number of nitrogens with zero attached hydrogens (tertiary/aromatic N) is 5.